The van der Waals surface area contributed by atoms with Crippen LogP contribution in [0.25, 0.3) is 0 Å². The van der Waals surface area contributed by atoms with Crippen molar-refractivity contribution in [1.82, 2.24) is 10.6 Å². The molecule has 1 aliphatic heterocycles. The number of piperidine rings is 1. The number of nitrogens with one attached hydrogen (secondary N) is 2. The van der Waals surface area contributed by atoms with Crippen molar-refractivity contribution < 1.29 is 0 Å². The molecule has 1 rings (SSSR count). The Morgan fingerprint density at radius 3 is 2.92 bits per heavy atom. The van der Waals surface area contributed by atoms with Gasteiger partial charge < -0.3 is 10.6 Å². The SMILES string of the molecule is CCCNC1CCNCC1CC. The molecule has 0 bridgehead atoms. The van der Waals surface area contributed by atoms with Crippen molar-refractivity contribution in [3.8, 4) is 0 Å². The smallest absolute Gasteiger partial charge is 0.0119 e. The average Bonchev–Trinajstić information content (AvgIpc) is 2.15. The molecule has 72 valence electrons. The molecule has 2 nitrogen and oxygen atoms in total. The Kier molecular flexibility index (Phi) is 4.62. The van der Waals surface area contributed by atoms with Crippen LogP contribution in [0.1, 0.15) is 33.1 Å². The molecule has 2 N–H and O–H groups in total. The summed E-state index contributed by atoms with van der Waals surface area (Å²) < 4.78 is 0. The van der Waals surface area contributed by atoms with Crippen LogP contribution in [0.4, 0.5) is 0 Å². The van der Waals surface area contributed by atoms with E-state index in [2.05, 4.69) is 24.5 Å². The molecular formula is C10H22N2. The molecule has 0 aromatic rings. The second-order valence-electron chi connectivity index (χ2n) is 3.72. The van der Waals surface area contributed by atoms with Gasteiger partial charge in [0, 0.05) is 6.04 Å². The van der Waals surface area contributed by atoms with Gasteiger partial charge in [0.15, 0.2) is 0 Å². The lowest BCUT2D eigenvalue weighted by Gasteiger charge is -2.32. The standard InChI is InChI=1S/C10H22N2/c1-3-6-12-10-5-7-11-8-9(10)4-2/h9-12H,3-8H2,1-2H3. The minimum atomic E-state index is 0.774. The zero-order valence-corrected chi connectivity index (χ0v) is 8.40. The fourth-order valence-corrected chi connectivity index (χ4v) is 1.95. The van der Waals surface area contributed by atoms with Crippen molar-refractivity contribution in [3.63, 3.8) is 0 Å². The maximum atomic E-state index is 3.63. The van der Waals surface area contributed by atoms with Gasteiger partial charge in [0.05, 0.1) is 0 Å². The highest BCUT2D eigenvalue weighted by molar-refractivity contribution is 4.82. The molecule has 0 amide bonds. The van der Waals surface area contributed by atoms with E-state index in [1.165, 1.54) is 38.9 Å². The van der Waals surface area contributed by atoms with Crippen molar-refractivity contribution in [2.45, 2.75) is 39.2 Å². The topological polar surface area (TPSA) is 24.1 Å². The van der Waals surface area contributed by atoms with Gasteiger partial charge in [-0.25, -0.2) is 0 Å². The van der Waals surface area contributed by atoms with Gasteiger partial charge in [0.25, 0.3) is 0 Å². The lowest BCUT2D eigenvalue weighted by molar-refractivity contribution is 0.272. The Balaban J connectivity index is 2.26. The van der Waals surface area contributed by atoms with E-state index in [9.17, 15) is 0 Å². The van der Waals surface area contributed by atoms with Crippen LogP contribution in [-0.4, -0.2) is 25.7 Å². The summed E-state index contributed by atoms with van der Waals surface area (Å²) in [7, 11) is 0. The first kappa shape index (κ1) is 10.0. The molecule has 0 spiro atoms. The summed E-state index contributed by atoms with van der Waals surface area (Å²) in [5.74, 6) is 0.852. The van der Waals surface area contributed by atoms with Crippen LogP contribution in [0, 0.1) is 5.92 Å². The number of hydrogen-bond donors (Lipinski definition) is 2. The molecule has 12 heavy (non-hydrogen) atoms. The predicted octanol–water partition coefficient (Wildman–Crippen LogP) is 1.37. The van der Waals surface area contributed by atoms with Crippen molar-refractivity contribution >= 4 is 0 Å². The summed E-state index contributed by atoms with van der Waals surface area (Å²) >= 11 is 0. The van der Waals surface area contributed by atoms with Crippen LogP contribution >= 0.6 is 0 Å². The Hall–Kier alpha value is -0.0800. The molecule has 2 heteroatoms. The zero-order chi connectivity index (χ0) is 8.81. The zero-order valence-electron chi connectivity index (χ0n) is 8.40. The van der Waals surface area contributed by atoms with Gasteiger partial charge >= 0.3 is 0 Å². The first-order chi connectivity index (χ1) is 5.88. The molecule has 0 radical (unpaired) electrons. The summed E-state index contributed by atoms with van der Waals surface area (Å²) in [6.45, 7) is 8.10. The van der Waals surface area contributed by atoms with Gasteiger partial charge in [-0.05, 0) is 38.4 Å². The van der Waals surface area contributed by atoms with E-state index in [1.54, 1.807) is 0 Å². The molecule has 0 aromatic carbocycles. The first-order valence-corrected chi connectivity index (χ1v) is 5.32. The summed E-state index contributed by atoms with van der Waals surface area (Å²) in [4.78, 5) is 0. The highest BCUT2D eigenvalue weighted by Gasteiger charge is 2.21. The molecule has 1 aliphatic rings. The Labute approximate surface area is 76.1 Å². The predicted molar refractivity (Wildman–Crippen MR) is 53.3 cm³/mol. The fraction of sp³-hybridized carbons (Fsp3) is 1.00. The lowest BCUT2D eigenvalue weighted by atomic mass is 9.91. The summed E-state index contributed by atoms with van der Waals surface area (Å²) in [5.41, 5.74) is 0. The molecule has 0 saturated carbocycles. The van der Waals surface area contributed by atoms with E-state index in [4.69, 9.17) is 0 Å². The van der Waals surface area contributed by atoms with Crippen molar-refractivity contribution in [2.75, 3.05) is 19.6 Å². The van der Waals surface area contributed by atoms with Gasteiger partial charge in [0.1, 0.15) is 0 Å². The monoisotopic (exact) mass is 170 g/mol. The highest BCUT2D eigenvalue weighted by Crippen LogP contribution is 2.14. The fourth-order valence-electron chi connectivity index (χ4n) is 1.95. The largest absolute Gasteiger partial charge is 0.316 e. The number of hydrogen-bond acceptors (Lipinski definition) is 2. The maximum absolute atomic E-state index is 3.63. The van der Waals surface area contributed by atoms with E-state index >= 15 is 0 Å². The molecule has 1 saturated heterocycles. The normalized spacial score (nSPS) is 30.5. The Morgan fingerprint density at radius 2 is 2.25 bits per heavy atom. The molecule has 0 aliphatic carbocycles. The average molecular weight is 170 g/mol. The van der Waals surface area contributed by atoms with E-state index in [-0.39, 0.29) is 0 Å². The molecule has 1 fully saturated rings. The minimum Gasteiger partial charge on any atom is -0.316 e. The quantitative estimate of drug-likeness (QED) is 0.666. The van der Waals surface area contributed by atoms with Crippen LogP contribution < -0.4 is 10.6 Å². The summed E-state index contributed by atoms with van der Waals surface area (Å²) in [6, 6.07) is 0.774. The Morgan fingerprint density at radius 1 is 1.42 bits per heavy atom. The minimum absolute atomic E-state index is 0.774. The van der Waals surface area contributed by atoms with Crippen molar-refractivity contribution in [3.05, 3.63) is 0 Å². The van der Waals surface area contributed by atoms with Crippen LogP contribution in [0.15, 0.2) is 0 Å². The maximum Gasteiger partial charge on any atom is 0.0119 e. The van der Waals surface area contributed by atoms with Gasteiger partial charge in [-0.1, -0.05) is 20.3 Å². The van der Waals surface area contributed by atoms with E-state index < -0.39 is 0 Å². The molecule has 1 heterocycles. The van der Waals surface area contributed by atoms with Crippen LogP contribution in [0.5, 0.6) is 0 Å². The third kappa shape index (κ3) is 2.76. The molecule has 2 unspecified atom stereocenters. The Bertz CT molecular complexity index is 114. The second-order valence-corrected chi connectivity index (χ2v) is 3.72. The van der Waals surface area contributed by atoms with Crippen LogP contribution in [-0.2, 0) is 0 Å². The first-order valence-electron chi connectivity index (χ1n) is 5.32. The van der Waals surface area contributed by atoms with E-state index in [0.717, 1.165) is 12.0 Å². The van der Waals surface area contributed by atoms with E-state index in [0.29, 0.717) is 0 Å². The van der Waals surface area contributed by atoms with Gasteiger partial charge in [0.2, 0.25) is 0 Å². The van der Waals surface area contributed by atoms with E-state index in [1.807, 2.05) is 0 Å². The molecular weight excluding hydrogens is 148 g/mol. The third-order valence-electron chi connectivity index (χ3n) is 2.79. The van der Waals surface area contributed by atoms with Gasteiger partial charge in [-0.15, -0.1) is 0 Å². The molecule has 2 atom stereocenters. The van der Waals surface area contributed by atoms with Crippen LogP contribution in [0.2, 0.25) is 0 Å². The van der Waals surface area contributed by atoms with Crippen molar-refractivity contribution in [1.29, 1.82) is 0 Å². The van der Waals surface area contributed by atoms with Gasteiger partial charge in [-0.2, -0.15) is 0 Å². The molecule has 0 aromatic heterocycles. The van der Waals surface area contributed by atoms with Crippen LogP contribution in [0.3, 0.4) is 0 Å². The van der Waals surface area contributed by atoms with Crippen molar-refractivity contribution in [2.24, 2.45) is 5.92 Å². The highest BCUT2D eigenvalue weighted by atomic mass is 15.0. The summed E-state index contributed by atoms with van der Waals surface area (Å²) in [5, 5.41) is 7.08. The third-order valence-corrected chi connectivity index (χ3v) is 2.79. The summed E-state index contributed by atoms with van der Waals surface area (Å²) in [6.07, 6.45) is 3.85. The second kappa shape index (κ2) is 5.55. The lowest BCUT2D eigenvalue weighted by Crippen LogP contribution is -2.47. The number of rotatable bonds is 4. The van der Waals surface area contributed by atoms with Gasteiger partial charge in [-0.3, -0.25) is 0 Å².